The summed E-state index contributed by atoms with van der Waals surface area (Å²) in [5, 5.41) is 0. The van der Waals surface area contributed by atoms with E-state index in [1.165, 1.54) is 0 Å². The molecule has 0 aromatic heterocycles. The van der Waals surface area contributed by atoms with Crippen molar-refractivity contribution in [1.82, 2.24) is 0 Å². The highest BCUT2D eigenvalue weighted by atomic mass is 16.6. The molecule has 0 aromatic carbocycles. The van der Waals surface area contributed by atoms with Crippen molar-refractivity contribution in [3.8, 4) is 0 Å². The van der Waals surface area contributed by atoms with Crippen LogP contribution in [-0.2, 0) is 9.53 Å². The predicted molar refractivity (Wildman–Crippen MR) is 29.9 cm³/mol. The van der Waals surface area contributed by atoms with Crippen molar-refractivity contribution >= 4 is 5.78 Å². The van der Waals surface area contributed by atoms with Gasteiger partial charge in [-0.25, -0.2) is 0 Å². The first-order valence-electron chi connectivity index (χ1n) is 3.54. The minimum absolute atomic E-state index is 0.319. The summed E-state index contributed by atoms with van der Waals surface area (Å²) in [6.45, 7) is 0. The van der Waals surface area contributed by atoms with Crippen LogP contribution in [0.25, 0.3) is 0 Å². The maximum Gasteiger partial charge on any atom is 0.139 e. The fourth-order valence-electron chi connectivity index (χ4n) is 2.36. The molecule has 2 heteroatoms. The highest BCUT2D eigenvalue weighted by Gasteiger charge is 2.63. The summed E-state index contributed by atoms with van der Waals surface area (Å²) in [4.78, 5) is 11.0. The summed E-state index contributed by atoms with van der Waals surface area (Å²) in [7, 11) is 0. The van der Waals surface area contributed by atoms with Crippen LogP contribution < -0.4 is 0 Å². The summed E-state index contributed by atoms with van der Waals surface area (Å²) in [6, 6.07) is 0. The Morgan fingerprint density at radius 1 is 1.44 bits per heavy atom. The zero-order chi connectivity index (χ0) is 6.01. The lowest BCUT2D eigenvalue weighted by Crippen LogP contribution is -2.16. The standard InChI is InChI=1S/C7H8O2/c8-5-2-3-1-4(5)7-6(3)9-7/h3-4,6-7H,1-2H2/t3-,4+,6-,7+/m1/s1. The first kappa shape index (κ1) is 4.45. The van der Waals surface area contributed by atoms with Gasteiger partial charge in [0, 0.05) is 12.3 Å². The highest BCUT2D eigenvalue weighted by molar-refractivity contribution is 5.86. The van der Waals surface area contributed by atoms with Crippen LogP contribution in [0.1, 0.15) is 12.8 Å². The van der Waals surface area contributed by atoms with Gasteiger partial charge in [-0.2, -0.15) is 0 Å². The van der Waals surface area contributed by atoms with Gasteiger partial charge in [0.1, 0.15) is 5.78 Å². The van der Waals surface area contributed by atoms with Gasteiger partial charge < -0.3 is 4.74 Å². The molecule has 3 aliphatic rings. The number of fused-ring (bicyclic) bond motifs is 5. The number of hydrogen-bond acceptors (Lipinski definition) is 2. The number of hydrogen-bond donors (Lipinski definition) is 0. The molecule has 2 nitrogen and oxygen atoms in total. The average molecular weight is 124 g/mol. The van der Waals surface area contributed by atoms with Crippen molar-refractivity contribution < 1.29 is 9.53 Å². The molecule has 3 fully saturated rings. The van der Waals surface area contributed by atoms with E-state index in [0.717, 1.165) is 12.8 Å². The van der Waals surface area contributed by atoms with Crippen LogP contribution in [0.4, 0.5) is 0 Å². The van der Waals surface area contributed by atoms with Crippen LogP contribution in [0.3, 0.4) is 0 Å². The maximum absolute atomic E-state index is 11.0. The van der Waals surface area contributed by atoms with Gasteiger partial charge in [-0.3, -0.25) is 4.79 Å². The predicted octanol–water partition coefficient (Wildman–Crippen LogP) is 0.363. The second kappa shape index (κ2) is 1.08. The lowest BCUT2D eigenvalue weighted by atomic mass is 10.00. The number of carbonyl (C=O) groups excluding carboxylic acids is 1. The van der Waals surface area contributed by atoms with E-state index < -0.39 is 0 Å². The highest BCUT2D eigenvalue weighted by Crippen LogP contribution is 2.54. The molecule has 0 radical (unpaired) electrons. The molecule has 1 heterocycles. The Balaban J connectivity index is 2.04. The average Bonchev–Trinajstić information content (AvgIpc) is 2.46. The molecule has 0 spiro atoms. The number of carbonyl (C=O) groups is 1. The first-order chi connectivity index (χ1) is 4.36. The van der Waals surface area contributed by atoms with Crippen molar-refractivity contribution in [2.75, 3.05) is 0 Å². The zero-order valence-electron chi connectivity index (χ0n) is 5.04. The molecule has 0 N–H and O–H groups in total. The summed E-state index contributed by atoms with van der Waals surface area (Å²) in [5.74, 6) is 1.39. The molecule has 0 unspecified atom stereocenters. The van der Waals surface area contributed by atoms with E-state index in [9.17, 15) is 4.79 Å². The fraction of sp³-hybridized carbons (Fsp3) is 0.857. The molecule has 4 atom stereocenters. The molecular formula is C7H8O2. The van der Waals surface area contributed by atoms with E-state index in [4.69, 9.17) is 4.74 Å². The lowest BCUT2D eigenvalue weighted by Gasteiger charge is -1.99. The zero-order valence-corrected chi connectivity index (χ0v) is 5.04. The smallest absolute Gasteiger partial charge is 0.139 e. The normalized spacial score (nSPS) is 60.2. The van der Waals surface area contributed by atoms with Gasteiger partial charge in [-0.05, 0) is 12.3 Å². The van der Waals surface area contributed by atoms with E-state index in [1.807, 2.05) is 0 Å². The number of rotatable bonds is 0. The fourth-order valence-corrected chi connectivity index (χ4v) is 2.36. The molecule has 0 amide bonds. The van der Waals surface area contributed by atoms with E-state index in [2.05, 4.69) is 0 Å². The van der Waals surface area contributed by atoms with Crippen molar-refractivity contribution in [3.63, 3.8) is 0 Å². The molecular weight excluding hydrogens is 116 g/mol. The number of ketones is 1. The van der Waals surface area contributed by atoms with Crippen LogP contribution in [0.2, 0.25) is 0 Å². The number of epoxide rings is 1. The molecule has 2 aliphatic carbocycles. The van der Waals surface area contributed by atoms with E-state index in [-0.39, 0.29) is 0 Å². The molecule has 1 aliphatic heterocycles. The second-order valence-electron chi connectivity index (χ2n) is 3.34. The van der Waals surface area contributed by atoms with Crippen LogP contribution in [0, 0.1) is 11.8 Å². The van der Waals surface area contributed by atoms with Gasteiger partial charge in [-0.1, -0.05) is 0 Å². The van der Waals surface area contributed by atoms with Gasteiger partial charge in [0.2, 0.25) is 0 Å². The Morgan fingerprint density at radius 3 is 2.89 bits per heavy atom. The van der Waals surface area contributed by atoms with Crippen LogP contribution >= 0.6 is 0 Å². The number of ether oxygens (including phenoxy) is 1. The van der Waals surface area contributed by atoms with E-state index >= 15 is 0 Å². The van der Waals surface area contributed by atoms with Gasteiger partial charge in [0.05, 0.1) is 12.2 Å². The van der Waals surface area contributed by atoms with Crippen molar-refractivity contribution in [3.05, 3.63) is 0 Å². The quantitative estimate of drug-likeness (QED) is 0.436. The third-order valence-corrected chi connectivity index (χ3v) is 2.86. The third-order valence-electron chi connectivity index (χ3n) is 2.86. The van der Waals surface area contributed by atoms with Gasteiger partial charge in [-0.15, -0.1) is 0 Å². The van der Waals surface area contributed by atoms with Crippen molar-refractivity contribution in [2.24, 2.45) is 11.8 Å². The van der Waals surface area contributed by atoms with Crippen molar-refractivity contribution in [2.45, 2.75) is 25.0 Å². The van der Waals surface area contributed by atoms with Crippen LogP contribution in [0.15, 0.2) is 0 Å². The summed E-state index contributed by atoms with van der Waals surface area (Å²) in [5.41, 5.74) is 0. The Kier molecular flexibility index (Phi) is 0.533. The minimum atomic E-state index is 0.319. The molecule has 3 rings (SSSR count). The Labute approximate surface area is 53.2 Å². The monoisotopic (exact) mass is 124 g/mol. The van der Waals surface area contributed by atoms with Gasteiger partial charge >= 0.3 is 0 Å². The minimum Gasteiger partial charge on any atom is -0.368 e. The molecule has 9 heavy (non-hydrogen) atoms. The van der Waals surface area contributed by atoms with E-state index in [0.29, 0.717) is 29.8 Å². The maximum atomic E-state index is 11.0. The van der Waals surface area contributed by atoms with Crippen molar-refractivity contribution in [1.29, 1.82) is 0 Å². The molecule has 0 aromatic rings. The summed E-state index contributed by atoms with van der Waals surface area (Å²) in [6.07, 6.45) is 2.82. The molecule has 48 valence electrons. The first-order valence-corrected chi connectivity index (χ1v) is 3.54. The lowest BCUT2D eigenvalue weighted by molar-refractivity contribution is -0.121. The summed E-state index contributed by atoms with van der Waals surface area (Å²) < 4.78 is 5.29. The number of Topliss-reactive ketones (excluding diaryl/α,β-unsaturated/α-hetero) is 1. The van der Waals surface area contributed by atoms with E-state index in [1.54, 1.807) is 0 Å². The third kappa shape index (κ3) is 0.368. The molecule has 1 saturated heterocycles. The SMILES string of the molecule is O=C1C[C@H]2C[C@@H]1[C@@H]1O[C@H]21. The second-order valence-corrected chi connectivity index (χ2v) is 3.34. The Morgan fingerprint density at radius 2 is 2.33 bits per heavy atom. The largest absolute Gasteiger partial charge is 0.368 e. The Bertz CT molecular complexity index is 187. The van der Waals surface area contributed by atoms with Crippen LogP contribution in [0.5, 0.6) is 0 Å². The Hall–Kier alpha value is -0.370. The molecule has 2 saturated carbocycles. The molecule has 2 bridgehead atoms. The summed E-state index contributed by atoms with van der Waals surface area (Å²) >= 11 is 0. The topological polar surface area (TPSA) is 29.6 Å². The van der Waals surface area contributed by atoms with Crippen LogP contribution in [-0.4, -0.2) is 18.0 Å². The van der Waals surface area contributed by atoms with Gasteiger partial charge in [0.25, 0.3) is 0 Å². The van der Waals surface area contributed by atoms with Gasteiger partial charge in [0.15, 0.2) is 0 Å².